The summed E-state index contributed by atoms with van der Waals surface area (Å²) in [5.74, 6) is -0.727. The van der Waals surface area contributed by atoms with Gasteiger partial charge in [0.25, 0.3) is 5.91 Å². The van der Waals surface area contributed by atoms with Gasteiger partial charge < -0.3 is 15.3 Å². The molecule has 1 aromatic carbocycles. The van der Waals surface area contributed by atoms with Crippen molar-refractivity contribution in [3.63, 3.8) is 0 Å². The van der Waals surface area contributed by atoms with Gasteiger partial charge in [0.1, 0.15) is 11.8 Å². The van der Waals surface area contributed by atoms with Crippen molar-refractivity contribution >= 4 is 35.0 Å². The molecular weight excluding hydrogens is 322 g/mol. The second-order valence-electron chi connectivity index (χ2n) is 5.50. The summed E-state index contributed by atoms with van der Waals surface area (Å²) in [7, 11) is 0. The van der Waals surface area contributed by atoms with Gasteiger partial charge in [-0.15, -0.1) is 11.6 Å². The summed E-state index contributed by atoms with van der Waals surface area (Å²) < 4.78 is 0. The quantitative estimate of drug-likeness (QED) is 0.429. The van der Waals surface area contributed by atoms with Crippen LogP contribution in [0.2, 0.25) is 0 Å². The number of nitrogens with one attached hydrogen (secondary N) is 2. The van der Waals surface area contributed by atoms with Crippen LogP contribution in [0, 0.1) is 0 Å². The van der Waals surface area contributed by atoms with Crippen molar-refractivity contribution in [2.24, 2.45) is 0 Å². The molecule has 0 spiro atoms. The zero-order chi connectivity index (χ0) is 16.6. The lowest BCUT2D eigenvalue weighted by Crippen LogP contribution is -2.52. The van der Waals surface area contributed by atoms with E-state index in [-0.39, 0.29) is 30.5 Å². The van der Waals surface area contributed by atoms with Gasteiger partial charge in [0, 0.05) is 30.0 Å². The molecule has 0 aromatic heterocycles. The highest BCUT2D eigenvalue weighted by atomic mass is 35.5. The predicted molar refractivity (Wildman–Crippen MR) is 83.4 cm³/mol. The average molecular weight is 338 g/mol. The van der Waals surface area contributed by atoms with Crippen LogP contribution in [0.15, 0.2) is 12.1 Å². The second kappa shape index (κ2) is 6.08. The van der Waals surface area contributed by atoms with Gasteiger partial charge >= 0.3 is 0 Å². The smallest absolute Gasteiger partial charge is 0.255 e. The van der Waals surface area contributed by atoms with E-state index in [1.54, 1.807) is 12.1 Å². The Labute approximate surface area is 137 Å². The lowest BCUT2D eigenvalue weighted by Gasteiger charge is -2.29. The summed E-state index contributed by atoms with van der Waals surface area (Å²) in [6, 6.07) is 2.55. The number of carbonyl (C=O) groups excluding carboxylic acids is 3. The van der Waals surface area contributed by atoms with Crippen LogP contribution in [0.1, 0.15) is 28.8 Å². The second-order valence-corrected chi connectivity index (χ2v) is 5.88. The number of anilines is 1. The van der Waals surface area contributed by atoms with Crippen molar-refractivity contribution in [1.29, 1.82) is 0 Å². The van der Waals surface area contributed by atoms with Gasteiger partial charge in [-0.2, -0.15) is 0 Å². The fourth-order valence-electron chi connectivity index (χ4n) is 2.95. The van der Waals surface area contributed by atoms with Crippen LogP contribution in [-0.2, 0) is 16.1 Å². The Kier molecular flexibility index (Phi) is 4.12. The average Bonchev–Trinajstić information content (AvgIpc) is 2.85. The number of rotatable bonds is 4. The SMILES string of the molecule is O=C1CCC(N2Cc3c(ccc(NCCCl)c3O)C2=O)C(=O)N1. The number of imide groups is 1. The van der Waals surface area contributed by atoms with Crippen molar-refractivity contribution < 1.29 is 19.5 Å². The number of hydrogen-bond donors (Lipinski definition) is 3. The van der Waals surface area contributed by atoms with E-state index >= 15 is 0 Å². The summed E-state index contributed by atoms with van der Waals surface area (Å²) in [6.07, 6.45) is 0.494. The number of nitrogens with zero attached hydrogens (tertiary/aromatic N) is 1. The van der Waals surface area contributed by atoms with Crippen molar-refractivity contribution in [2.45, 2.75) is 25.4 Å². The fraction of sp³-hybridized carbons (Fsp3) is 0.400. The van der Waals surface area contributed by atoms with Crippen LogP contribution in [-0.4, -0.2) is 46.2 Å². The Bertz CT molecular complexity index is 692. The van der Waals surface area contributed by atoms with Crippen molar-refractivity contribution in [2.75, 3.05) is 17.7 Å². The van der Waals surface area contributed by atoms with Crippen LogP contribution in [0.4, 0.5) is 5.69 Å². The lowest BCUT2D eigenvalue weighted by atomic mass is 10.0. The van der Waals surface area contributed by atoms with Crippen molar-refractivity contribution in [3.05, 3.63) is 23.3 Å². The van der Waals surface area contributed by atoms with E-state index in [1.165, 1.54) is 4.90 Å². The zero-order valence-corrected chi connectivity index (χ0v) is 13.0. The molecule has 2 aliphatic heterocycles. The van der Waals surface area contributed by atoms with Crippen molar-refractivity contribution in [1.82, 2.24) is 10.2 Å². The standard InChI is InChI=1S/C15H16ClN3O4/c16-5-6-17-10-2-1-8-9(13(10)21)7-19(15(8)23)11-3-4-12(20)18-14(11)22/h1-2,11,17,21H,3-7H2,(H,18,20,22). The molecule has 0 bridgehead atoms. The Morgan fingerprint density at radius 1 is 1.35 bits per heavy atom. The Morgan fingerprint density at radius 3 is 2.83 bits per heavy atom. The lowest BCUT2D eigenvalue weighted by molar-refractivity contribution is -0.136. The molecule has 1 unspecified atom stereocenters. The van der Waals surface area contributed by atoms with Gasteiger partial charge in [0.15, 0.2) is 0 Å². The molecule has 23 heavy (non-hydrogen) atoms. The molecule has 1 aromatic rings. The van der Waals surface area contributed by atoms with E-state index in [4.69, 9.17) is 11.6 Å². The van der Waals surface area contributed by atoms with Crippen LogP contribution < -0.4 is 10.6 Å². The first-order chi connectivity index (χ1) is 11.0. The van der Waals surface area contributed by atoms with E-state index in [2.05, 4.69) is 10.6 Å². The molecule has 0 saturated carbocycles. The van der Waals surface area contributed by atoms with Gasteiger partial charge in [-0.3, -0.25) is 19.7 Å². The van der Waals surface area contributed by atoms with Crippen molar-refractivity contribution in [3.8, 4) is 5.75 Å². The number of hydrogen-bond acceptors (Lipinski definition) is 5. The summed E-state index contributed by atoms with van der Waals surface area (Å²) in [4.78, 5) is 37.1. The largest absolute Gasteiger partial charge is 0.505 e. The van der Waals surface area contributed by atoms with Crippen LogP contribution in [0.5, 0.6) is 5.75 Å². The molecule has 3 N–H and O–H groups in total. The maximum absolute atomic E-state index is 12.5. The number of halogens is 1. The number of phenolic OH excluding ortho intramolecular Hbond substituents is 1. The molecule has 1 saturated heterocycles. The third-order valence-electron chi connectivity index (χ3n) is 4.10. The first-order valence-electron chi connectivity index (χ1n) is 7.32. The number of piperidine rings is 1. The van der Waals surface area contributed by atoms with Gasteiger partial charge in [-0.05, 0) is 18.6 Å². The third kappa shape index (κ3) is 2.72. The van der Waals surface area contributed by atoms with Crippen LogP contribution in [0.25, 0.3) is 0 Å². The summed E-state index contributed by atoms with van der Waals surface area (Å²) in [5, 5.41) is 15.6. The molecule has 2 aliphatic rings. The summed E-state index contributed by atoms with van der Waals surface area (Å²) >= 11 is 5.62. The van der Waals surface area contributed by atoms with Crippen LogP contribution >= 0.6 is 11.6 Å². The molecule has 3 amide bonds. The molecule has 122 valence electrons. The van der Waals surface area contributed by atoms with E-state index in [1.807, 2.05) is 0 Å². The van der Waals surface area contributed by atoms with Gasteiger partial charge in [-0.25, -0.2) is 0 Å². The third-order valence-corrected chi connectivity index (χ3v) is 4.29. The number of benzene rings is 1. The molecule has 0 radical (unpaired) electrons. The van der Waals surface area contributed by atoms with E-state index < -0.39 is 11.9 Å². The highest BCUT2D eigenvalue weighted by molar-refractivity contribution is 6.18. The Hall–Kier alpha value is -2.28. The number of aromatic hydroxyl groups is 1. The van der Waals surface area contributed by atoms with Gasteiger partial charge in [0.2, 0.25) is 11.8 Å². The number of phenols is 1. The van der Waals surface area contributed by atoms with Gasteiger partial charge in [-0.1, -0.05) is 0 Å². The number of alkyl halides is 1. The molecule has 2 heterocycles. The predicted octanol–water partition coefficient (Wildman–Crippen LogP) is 0.804. The summed E-state index contributed by atoms with van der Waals surface area (Å²) in [6.45, 7) is 0.626. The maximum Gasteiger partial charge on any atom is 0.255 e. The van der Waals surface area contributed by atoms with E-state index in [0.717, 1.165) is 0 Å². The molecule has 1 atom stereocenters. The molecule has 8 heteroatoms. The Balaban J connectivity index is 1.85. The molecular formula is C15H16ClN3O4. The Morgan fingerprint density at radius 2 is 2.13 bits per heavy atom. The summed E-state index contributed by atoms with van der Waals surface area (Å²) in [5.41, 5.74) is 1.37. The number of carbonyl (C=O) groups is 3. The highest BCUT2D eigenvalue weighted by Gasteiger charge is 2.40. The molecule has 0 aliphatic carbocycles. The zero-order valence-electron chi connectivity index (χ0n) is 12.3. The minimum atomic E-state index is -0.689. The molecule has 3 rings (SSSR count). The number of amides is 3. The first-order valence-corrected chi connectivity index (χ1v) is 7.85. The van der Waals surface area contributed by atoms with Gasteiger partial charge in [0.05, 0.1) is 12.2 Å². The fourth-order valence-corrected chi connectivity index (χ4v) is 3.04. The monoisotopic (exact) mass is 337 g/mol. The maximum atomic E-state index is 12.5. The van der Waals surface area contributed by atoms with Crippen LogP contribution in [0.3, 0.4) is 0 Å². The molecule has 7 nitrogen and oxygen atoms in total. The first kappa shape index (κ1) is 15.6. The minimum Gasteiger partial charge on any atom is -0.505 e. The van der Waals surface area contributed by atoms with E-state index in [0.29, 0.717) is 35.7 Å². The molecule has 1 fully saturated rings. The van der Waals surface area contributed by atoms with E-state index in [9.17, 15) is 19.5 Å². The minimum absolute atomic E-state index is 0.00393. The highest BCUT2D eigenvalue weighted by Crippen LogP contribution is 2.37. The number of fused-ring (bicyclic) bond motifs is 1. The topological polar surface area (TPSA) is 98.7 Å². The normalized spacial score (nSPS) is 20.5.